The average Bonchev–Trinajstić information content (AvgIpc) is 3.14. The number of nitrogens with zero attached hydrogens (tertiary/aromatic N) is 3. The Morgan fingerprint density at radius 2 is 1.86 bits per heavy atom. The second-order valence-corrected chi connectivity index (χ2v) is 7.45. The van der Waals surface area contributed by atoms with E-state index in [1.807, 2.05) is 24.3 Å². The molecule has 0 atom stereocenters. The molecule has 1 fully saturated rings. The lowest BCUT2D eigenvalue weighted by molar-refractivity contribution is -0.122. The van der Waals surface area contributed by atoms with Crippen LogP contribution in [0.1, 0.15) is 48.2 Å². The lowest BCUT2D eigenvalue weighted by Gasteiger charge is -2.22. The highest BCUT2D eigenvalue weighted by molar-refractivity contribution is 6.05. The lowest BCUT2D eigenvalue weighted by Crippen LogP contribution is -2.41. The van der Waals surface area contributed by atoms with Crippen molar-refractivity contribution in [3.05, 3.63) is 58.0 Å². The molecule has 146 valence electrons. The zero-order valence-corrected chi connectivity index (χ0v) is 15.8. The van der Waals surface area contributed by atoms with Gasteiger partial charge in [0, 0.05) is 24.3 Å². The van der Waals surface area contributed by atoms with Crippen LogP contribution in [0.4, 0.5) is 5.69 Å². The summed E-state index contributed by atoms with van der Waals surface area (Å²) >= 11 is 0. The molecule has 1 aliphatic carbocycles. The third-order valence-electron chi connectivity index (χ3n) is 5.48. The summed E-state index contributed by atoms with van der Waals surface area (Å²) < 4.78 is 1.08. The summed E-state index contributed by atoms with van der Waals surface area (Å²) in [4.78, 5) is 39.1. The van der Waals surface area contributed by atoms with Crippen LogP contribution < -0.4 is 15.8 Å². The van der Waals surface area contributed by atoms with E-state index in [4.69, 9.17) is 0 Å². The molecular weight excluding hydrogens is 356 g/mol. The van der Waals surface area contributed by atoms with Gasteiger partial charge in [-0.15, -0.1) is 0 Å². The van der Waals surface area contributed by atoms with Crippen LogP contribution in [-0.4, -0.2) is 34.2 Å². The van der Waals surface area contributed by atoms with Gasteiger partial charge in [-0.1, -0.05) is 37.5 Å². The molecule has 2 aromatic rings. The Balaban J connectivity index is 1.48. The van der Waals surface area contributed by atoms with Crippen LogP contribution in [0.25, 0.3) is 0 Å². The molecule has 2 aliphatic rings. The van der Waals surface area contributed by atoms with Crippen LogP contribution in [0.5, 0.6) is 0 Å². The van der Waals surface area contributed by atoms with Crippen molar-refractivity contribution in [1.29, 1.82) is 0 Å². The smallest absolute Gasteiger partial charge is 0.278 e. The van der Waals surface area contributed by atoms with Crippen LogP contribution in [0.15, 0.2) is 41.2 Å². The first kappa shape index (κ1) is 18.4. The fourth-order valence-electron chi connectivity index (χ4n) is 4.02. The van der Waals surface area contributed by atoms with E-state index < -0.39 is 5.56 Å². The molecule has 1 saturated carbocycles. The minimum atomic E-state index is -0.392. The minimum Gasteiger partial charge on any atom is -0.352 e. The number of para-hydroxylation sites is 1. The quantitative estimate of drug-likeness (QED) is 0.878. The Morgan fingerprint density at radius 1 is 1.07 bits per heavy atom. The maximum absolute atomic E-state index is 12.9. The van der Waals surface area contributed by atoms with E-state index in [2.05, 4.69) is 10.4 Å². The van der Waals surface area contributed by atoms with E-state index in [0.29, 0.717) is 6.54 Å². The molecule has 1 aromatic carbocycles. The molecule has 0 saturated heterocycles. The Labute approximate surface area is 163 Å². The molecule has 7 nitrogen and oxygen atoms in total. The van der Waals surface area contributed by atoms with Gasteiger partial charge in [0.25, 0.3) is 11.5 Å². The fourth-order valence-corrected chi connectivity index (χ4v) is 4.02. The van der Waals surface area contributed by atoms with Crippen molar-refractivity contribution >= 4 is 17.5 Å². The highest BCUT2D eigenvalue weighted by Crippen LogP contribution is 2.28. The second-order valence-electron chi connectivity index (χ2n) is 7.45. The van der Waals surface area contributed by atoms with Gasteiger partial charge in [0.05, 0.1) is 0 Å². The highest BCUT2D eigenvalue weighted by atomic mass is 16.2. The molecule has 4 rings (SSSR count). The van der Waals surface area contributed by atoms with Crippen molar-refractivity contribution in [3.63, 3.8) is 0 Å². The molecule has 2 amide bonds. The Morgan fingerprint density at radius 3 is 2.68 bits per heavy atom. The van der Waals surface area contributed by atoms with Gasteiger partial charge in [0.15, 0.2) is 0 Å². The van der Waals surface area contributed by atoms with Crippen LogP contribution in [0.3, 0.4) is 0 Å². The predicted molar refractivity (Wildman–Crippen MR) is 105 cm³/mol. The number of amides is 2. The fraction of sp³-hybridized carbons (Fsp3) is 0.429. The number of carbonyl (C=O) groups is 2. The highest BCUT2D eigenvalue weighted by Gasteiger charge is 2.26. The molecule has 7 heteroatoms. The van der Waals surface area contributed by atoms with Crippen molar-refractivity contribution in [2.24, 2.45) is 0 Å². The number of aromatic nitrogens is 2. The Kier molecular flexibility index (Phi) is 5.23. The van der Waals surface area contributed by atoms with Crippen molar-refractivity contribution in [1.82, 2.24) is 15.1 Å². The van der Waals surface area contributed by atoms with Crippen molar-refractivity contribution in [2.75, 3.05) is 11.4 Å². The van der Waals surface area contributed by atoms with Crippen molar-refractivity contribution in [2.45, 2.75) is 51.1 Å². The third-order valence-corrected chi connectivity index (χ3v) is 5.48. The number of fused-ring (bicyclic) bond motifs is 1. The molecule has 1 aliphatic heterocycles. The SMILES string of the molecule is O=C(Cn1nc(C(=O)N2CCc3ccccc32)ccc1=O)NC1CCCCC1. The number of hydrogen-bond acceptors (Lipinski definition) is 4. The summed E-state index contributed by atoms with van der Waals surface area (Å²) in [6.07, 6.45) is 6.18. The van der Waals surface area contributed by atoms with E-state index >= 15 is 0 Å². The summed E-state index contributed by atoms with van der Waals surface area (Å²) in [6, 6.07) is 10.7. The first-order chi connectivity index (χ1) is 13.6. The largest absolute Gasteiger partial charge is 0.352 e. The first-order valence-electron chi connectivity index (χ1n) is 9.89. The topological polar surface area (TPSA) is 84.3 Å². The van der Waals surface area contributed by atoms with Crippen molar-refractivity contribution < 1.29 is 9.59 Å². The van der Waals surface area contributed by atoms with Gasteiger partial charge in [-0.25, -0.2) is 4.68 Å². The monoisotopic (exact) mass is 380 g/mol. The molecule has 2 heterocycles. The zero-order valence-electron chi connectivity index (χ0n) is 15.8. The van der Waals surface area contributed by atoms with Gasteiger partial charge in [-0.05, 0) is 37.0 Å². The predicted octanol–water partition coefficient (Wildman–Crippen LogP) is 1.90. The van der Waals surface area contributed by atoms with E-state index in [1.165, 1.54) is 18.6 Å². The molecule has 0 radical (unpaired) electrons. The van der Waals surface area contributed by atoms with Gasteiger partial charge in [-0.2, -0.15) is 5.10 Å². The van der Waals surface area contributed by atoms with Gasteiger partial charge >= 0.3 is 0 Å². The molecule has 0 spiro atoms. The van der Waals surface area contributed by atoms with E-state index in [0.717, 1.165) is 48.0 Å². The molecule has 1 N–H and O–H groups in total. The lowest BCUT2D eigenvalue weighted by atomic mass is 9.95. The molecule has 0 bridgehead atoms. The number of hydrogen-bond donors (Lipinski definition) is 1. The summed E-state index contributed by atoms with van der Waals surface area (Å²) in [7, 11) is 0. The summed E-state index contributed by atoms with van der Waals surface area (Å²) in [5.41, 5.74) is 1.78. The normalized spacial score (nSPS) is 16.6. The van der Waals surface area contributed by atoms with Crippen LogP contribution >= 0.6 is 0 Å². The van der Waals surface area contributed by atoms with E-state index in [9.17, 15) is 14.4 Å². The number of rotatable bonds is 4. The van der Waals surface area contributed by atoms with Gasteiger partial charge in [-0.3, -0.25) is 14.4 Å². The molecule has 28 heavy (non-hydrogen) atoms. The van der Waals surface area contributed by atoms with Gasteiger partial charge < -0.3 is 10.2 Å². The third kappa shape index (κ3) is 3.83. The maximum atomic E-state index is 12.9. The minimum absolute atomic E-state index is 0.168. The van der Waals surface area contributed by atoms with Crippen molar-refractivity contribution in [3.8, 4) is 0 Å². The maximum Gasteiger partial charge on any atom is 0.278 e. The molecule has 0 unspecified atom stereocenters. The number of benzene rings is 1. The Hall–Kier alpha value is -2.96. The van der Waals surface area contributed by atoms with Crippen LogP contribution in [0.2, 0.25) is 0 Å². The summed E-state index contributed by atoms with van der Waals surface area (Å²) in [6.45, 7) is 0.411. The average molecular weight is 380 g/mol. The number of anilines is 1. The zero-order chi connectivity index (χ0) is 19.5. The summed E-state index contributed by atoms with van der Waals surface area (Å²) in [5.74, 6) is -0.496. The first-order valence-corrected chi connectivity index (χ1v) is 9.89. The van der Waals surface area contributed by atoms with Gasteiger partial charge in [0.2, 0.25) is 5.91 Å². The standard InChI is InChI=1S/C21H24N4O3/c26-19(22-16-7-2-1-3-8-16)14-25-20(27)11-10-17(23-25)21(28)24-13-12-15-6-4-5-9-18(15)24/h4-6,9-11,16H,1-3,7-8,12-14H2,(H,22,26). The second kappa shape index (κ2) is 7.96. The van der Waals surface area contributed by atoms with Crippen LogP contribution in [-0.2, 0) is 17.8 Å². The van der Waals surface area contributed by atoms with E-state index in [1.54, 1.807) is 4.90 Å². The molecule has 1 aromatic heterocycles. The van der Waals surface area contributed by atoms with Crippen LogP contribution in [0, 0.1) is 0 Å². The molecular formula is C21H24N4O3. The summed E-state index contributed by atoms with van der Waals surface area (Å²) in [5, 5.41) is 7.15. The van der Waals surface area contributed by atoms with Gasteiger partial charge in [0.1, 0.15) is 12.2 Å². The number of nitrogens with one attached hydrogen (secondary N) is 1. The number of carbonyl (C=O) groups excluding carboxylic acids is 2. The Bertz CT molecular complexity index is 947. The van der Waals surface area contributed by atoms with E-state index in [-0.39, 0.29) is 30.1 Å².